The van der Waals surface area contributed by atoms with Crippen molar-refractivity contribution < 1.29 is 4.42 Å². The standard InChI is InChI=1S/C9H9ClN2OS/c1-6-11-8(4-13-6)9-12-7(2-3-10)5-14-9/h4-5H,2-3H2,1H3. The minimum atomic E-state index is 0.598. The van der Waals surface area contributed by atoms with Crippen LogP contribution in [0.3, 0.4) is 0 Å². The Morgan fingerprint density at radius 2 is 2.36 bits per heavy atom. The SMILES string of the molecule is Cc1nc(-c2nc(CCCl)cs2)co1. The molecule has 14 heavy (non-hydrogen) atoms. The first-order valence-electron chi connectivity index (χ1n) is 4.22. The molecule has 0 saturated heterocycles. The van der Waals surface area contributed by atoms with E-state index in [1.54, 1.807) is 17.6 Å². The number of thiazole rings is 1. The number of alkyl halides is 1. The molecule has 0 unspecified atom stereocenters. The quantitative estimate of drug-likeness (QED) is 0.759. The lowest BCUT2D eigenvalue weighted by atomic mass is 10.4. The number of aromatic nitrogens is 2. The molecule has 2 aromatic rings. The number of nitrogens with zero attached hydrogens (tertiary/aromatic N) is 2. The van der Waals surface area contributed by atoms with Crippen molar-refractivity contribution in [2.45, 2.75) is 13.3 Å². The van der Waals surface area contributed by atoms with Crippen LogP contribution < -0.4 is 0 Å². The fourth-order valence-electron chi connectivity index (χ4n) is 1.10. The molecule has 0 radical (unpaired) electrons. The van der Waals surface area contributed by atoms with Gasteiger partial charge in [-0.2, -0.15) is 0 Å². The molecule has 0 amide bonds. The molecule has 0 bridgehead atoms. The minimum Gasteiger partial charge on any atom is -0.449 e. The van der Waals surface area contributed by atoms with Gasteiger partial charge in [-0.1, -0.05) is 0 Å². The van der Waals surface area contributed by atoms with Crippen LogP contribution in [-0.2, 0) is 6.42 Å². The third-order valence-electron chi connectivity index (χ3n) is 1.74. The Labute approximate surface area is 90.8 Å². The van der Waals surface area contributed by atoms with E-state index in [4.69, 9.17) is 16.0 Å². The lowest BCUT2D eigenvalue weighted by Crippen LogP contribution is -1.85. The summed E-state index contributed by atoms with van der Waals surface area (Å²) >= 11 is 7.19. The minimum absolute atomic E-state index is 0.598. The van der Waals surface area contributed by atoms with Crippen LogP contribution in [0.4, 0.5) is 0 Å². The molecule has 2 rings (SSSR count). The predicted octanol–water partition coefficient (Wildman–Crippen LogP) is 2.89. The van der Waals surface area contributed by atoms with E-state index in [9.17, 15) is 0 Å². The lowest BCUT2D eigenvalue weighted by molar-refractivity contribution is 0.521. The number of hydrogen-bond acceptors (Lipinski definition) is 4. The molecule has 0 spiro atoms. The summed E-state index contributed by atoms with van der Waals surface area (Å²) < 4.78 is 5.12. The molecule has 0 atom stereocenters. The van der Waals surface area contributed by atoms with Gasteiger partial charge in [0, 0.05) is 24.6 Å². The zero-order valence-electron chi connectivity index (χ0n) is 7.66. The van der Waals surface area contributed by atoms with Gasteiger partial charge in [0.1, 0.15) is 17.0 Å². The van der Waals surface area contributed by atoms with Gasteiger partial charge in [-0.25, -0.2) is 9.97 Å². The summed E-state index contributed by atoms with van der Waals surface area (Å²) in [6.45, 7) is 1.82. The molecule has 3 nitrogen and oxygen atoms in total. The molecule has 0 N–H and O–H groups in total. The Morgan fingerprint density at radius 3 is 3.00 bits per heavy atom. The first-order chi connectivity index (χ1) is 6.79. The summed E-state index contributed by atoms with van der Waals surface area (Å²) in [6, 6.07) is 0. The second kappa shape index (κ2) is 4.11. The zero-order chi connectivity index (χ0) is 9.97. The van der Waals surface area contributed by atoms with E-state index in [2.05, 4.69) is 9.97 Å². The average Bonchev–Trinajstić information content (AvgIpc) is 2.74. The molecule has 0 aliphatic carbocycles. The molecule has 0 saturated carbocycles. The van der Waals surface area contributed by atoms with Gasteiger partial charge in [0.15, 0.2) is 5.89 Å². The van der Waals surface area contributed by atoms with Crippen molar-refractivity contribution >= 4 is 22.9 Å². The summed E-state index contributed by atoms with van der Waals surface area (Å²) in [7, 11) is 0. The van der Waals surface area contributed by atoms with Crippen molar-refractivity contribution in [3.8, 4) is 10.7 Å². The molecule has 5 heteroatoms. The summed E-state index contributed by atoms with van der Waals surface area (Å²) in [5.74, 6) is 1.26. The highest BCUT2D eigenvalue weighted by Crippen LogP contribution is 2.23. The van der Waals surface area contributed by atoms with E-state index < -0.39 is 0 Å². The van der Waals surface area contributed by atoms with Crippen LogP contribution in [0.15, 0.2) is 16.1 Å². The van der Waals surface area contributed by atoms with E-state index in [1.807, 2.05) is 12.3 Å². The first-order valence-corrected chi connectivity index (χ1v) is 5.64. The van der Waals surface area contributed by atoms with Gasteiger partial charge in [-0.05, 0) is 0 Å². The maximum absolute atomic E-state index is 5.63. The van der Waals surface area contributed by atoms with Crippen molar-refractivity contribution in [3.05, 3.63) is 23.2 Å². The molecular formula is C9H9ClN2OS. The van der Waals surface area contributed by atoms with Gasteiger partial charge >= 0.3 is 0 Å². The van der Waals surface area contributed by atoms with Crippen molar-refractivity contribution in [3.63, 3.8) is 0 Å². The number of hydrogen-bond donors (Lipinski definition) is 0. The van der Waals surface area contributed by atoms with Crippen LogP contribution in [0.25, 0.3) is 10.7 Å². The second-order valence-electron chi connectivity index (χ2n) is 2.83. The Bertz CT molecular complexity index is 424. The second-order valence-corrected chi connectivity index (χ2v) is 4.07. The predicted molar refractivity (Wildman–Crippen MR) is 56.8 cm³/mol. The summed E-state index contributed by atoms with van der Waals surface area (Å²) in [6.07, 6.45) is 2.42. The Morgan fingerprint density at radius 1 is 1.50 bits per heavy atom. The van der Waals surface area contributed by atoms with Crippen LogP contribution in [-0.4, -0.2) is 15.8 Å². The smallest absolute Gasteiger partial charge is 0.191 e. The average molecular weight is 229 g/mol. The van der Waals surface area contributed by atoms with Gasteiger partial charge in [0.25, 0.3) is 0 Å². The molecule has 2 heterocycles. The van der Waals surface area contributed by atoms with Crippen molar-refractivity contribution in [1.82, 2.24) is 9.97 Å². The van der Waals surface area contributed by atoms with Gasteiger partial charge in [0.2, 0.25) is 0 Å². The van der Waals surface area contributed by atoms with E-state index in [0.717, 1.165) is 22.8 Å². The van der Waals surface area contributed by atoms with E-state index >= 15 is 0 Å². The number of halogens is 1. The van der Waals surface area contributed by atoms with E-state index in [0.29, 0.717) is 11.8 Å². The number of aryl methyl sites for hydroxylation is 2. The van der Waals surface area contributed by atoms with Crippen LogP contribution in [0.5, 0.6) is 0 Å². The highest BCUT2D eigenvalue weighted by molar-refractivity contribution is 7.13. The monoisotopic (exact) mass is 228 g/mol. The van der Waals surface area contributed by atoms with Gasteiger partial charge in [-0.3, -0.25) is 0 Å². The highest BCUT2D eigenvalue weighted by Gasteiger charge is 2.08. The fourth-order valence-corrected chi connectivity index (χ4v) is 2.09. The lowest BCUT2D eigenvalue weighted by Gasteiger charge is -1.87. The Kier molecular flexibility index (Phi) is 2.84. The zero-order valence-corrected chi connectivity index (χ0v) is 9.23. The van der Waals surface area contributed by atoms with E-state index in [1.165, 1.54) is 0 Å². The molecule has 74 valence electrons. The summed E-state index contributed by atoms with van der Waals surface area (Å²) in [5, 5.41) is 2.89. The third-order valence-corrected chi connectivity index (χ3v) is 2.84. The normalized spacial score (nSPS) is 10.7. The fraction of sp³-hybridized carbons (Fsp3) is 0.333. The summed E-state index contributed by atoms with van der Waals surface area (Å²) in [5.41, 5.74) is 1.81. The van der Waals surface area contributed by atoms with Crippen molar-refractivity contribution in [2.75, 3.05) is 5.88 Å². The van der Waals surface area contributed by atoms with Crippen LogP contribution in [0, 0.1) is 6.92 Å². The maximum Gasteiger partial charge on any atom is 0.191 e. The number of oxazole rings is 1. The molecular weight excluding hydrogens is 220 g/mol. The van der Waals surface area contributed by atoms with Crippen LogP contribution >= 0.6 is 22.9 Å². The largest absolute Gasteiger partial charge is 0.449 e. The van der Waals surface area contributed by atoms with Gasteiger partial charge in [0.05, 0.1) is 5.69 Å². The highest BCUT2D eigenvalue weighted by atomic mass is 35.5. The third kappa shape index (κ3) is 1.96. The Balaban J connectivity index is 2.24. The van der Waals surface area contributed by atoms with E-state index in [-0.39, 0.29) is 0 Å². The summed E-state index contributed by atoms with van der Waals surface area (Å²) in [4.78, 5) is 8.60. The molecule has 2 aromatic heterocycles. The van der Waals surface area contributed by atoms with Crippen molar-refractivity contribution in [2.24, 2.45) is 0 Å². The van der Waals surface area contributed by atoms with Gasteiger partial charge < -0.3 is 4.42 Å². The molecule has 0 aliphatic heterocycles. The molecule has 0 aromatic carbocycles. The van der Waals surface area contributed by atoms with Crippen LogP contribution in [0.2, 0.25) is 0 Å². The van der Waals surface area contributed by atoms with Gasteiger partial charge in [-0.15, -0.1) is 22.9 Å². The molecule has 0 aliphatic rings. The topological polar surface area (TPSA) is 38.9 Å². The molecule has 0 fully saturated rings. The maximum atomic E-state index is 5.63. The Hall–Kier alpha value is -0.870. The number of rotatable bonds is 3. The van der Waals surface area contributed by atoms with Crippen molar-refractivity contribution in [1.29, 1.82) is 0 Å². The van der Waals surface area contributed by atoms with Crippen LogP contribution in [0.1, 0.15) is 11.6 Å². The first kappa shape index (κ1) is 9.68.